The highest BCUT2D eigenvalue weighted by Crippen LogP contribution is 2.48. The normalized spacial score (nSPS) is 25.3. The van der Waals surface area contributed by atoms with E-state index in [2.05, 4.69) is 28.9 Å². The van der Waals surface area contributed by atoms with Crippen molar-refractivity contribution in [3.63, 3.8) is 0 Å². The monoisotopic (exact) mass is 448 g/mol. The van der Waals surface area contributed by atoms with Gasteiger partial charge in [-0.3, -0.25) is 4.90 Å². The number of hydrogen-bond donors (Lipinski definition) is 2. The quantitative estimate of drug-likeness (QED) is 0.522. The molecule has 0 spiro atoms. The molecule has 6 nitrogen and oxygen atoms in total. The number of aryl methyl sites for hydroxylation is 1. The second-order valence-corrected chi connectivity index (χ2v) is 9.51. The van der Waals surface area contributed by atoms with Crippen LogP contribution in [0.15, 0.2) is 42.6 Å². The maximum absolute atomic E-state index is 11.4. The summed E-state index contributed by atoms with van der Waals surface area (Å²) in [5, 5.41) is 10.5. The van der Waals surface area contributed by atoms with E-state index in [1.165, 1.54) is 22.1 Å². The molecule has 2 N–H and O–H groups in total. The number of carboxylic acid groups (broad SMARTS) is 1. The Labute approximate surface area is 194 Å². The molecule has 6 heteroatoms. The van der Waals surface area contributed by atoms with Crippen LogP contribution in [-0.4, -0.2) is 47.8 Å². The fraction of sp³-hybridized carbons (Fsp3) is 0.444. The van der Waals surface area contributed by atoms with Crippen LogP contribution in [0.25, 0.3) is 10.9 Å². The van der Waals surface area contributed by atoms with Crippen LogP contribution < -0.4 is 4.74 Å². The Bertz CT molecular complexity index is 1150. The van der Waals surface area contributed by atoms with E-state index in [1.807, 2.05) is 25.4 Å². The highest BCUT2D eigenvalue weighted by atomic mass is 16.5. The lowest BCUT2D eigenvalue weighted by Crippen LogP contribution is -2.37. The summed E-state index contributed by atoms with van der Waals surface area (Å²) in [6, 6.07) is 11.9. The van der Waals surface area contributed by atoms with E-state index in [1.54, 1.807) is 19.2 Å². The molecule has 4 atom stereocenters. The van der Waals surface area contributed by atoms with Crippen LogP contribution in [0, 0.1) is 18.8 Å². The van der Waals surface area contributed by atoms with Gasteiger partial charge in [-0.1, -0.05) is 12.1 Å². The summed E-state index contributed by atoms with van der Waals surface area (Å²) in [6.45, 7) is 3.88. The number of H-pyrrole nitrogens is 1. The van der Waals surface area contributed by atoms with Gasteiger partial charge in [-0.05, 0) is 80.0 Å². The molecule has 2 heterocycles. The van der Waals surface area contributed by atoms with Crippen LogP contribution in [0.2, 0.25) is 0 Å². The van der Waals surface area contributed by atoms with Gasteiger partial charge in [-0.15, -0.1) is 0 Å². The largest absolute Gasteiger partial charge is 0.496 e. The minimum absolute atomic E-state index is 0.227. The van der Waals surface area contributed by atoms with Crippen molar-refractivity contribution < 1.29 is 19.4 Å². The zero-order valence-corrected chi connectivity index (χ0v) is 19.5. The lowest BCUT2D eigenvalue weighted by molar-refractivity contribution is 0.0695. The van der Waals surface area contributed by atoms with Crippen molar-refractivity contribution in [3.05, 3.63) is 64.8 Å². The molecule has 1 aliphatic heterocycles. The van der Waals surface area contributed by atoms with Gasteiger partial charge in [0.1, 0.15) is 5.75 Å². The van der Waals surface area contributed by atoms with Gasteiger partial charge in [-0.2, -0.15) is 0 Å². The van der Waals surface area contributed by atoms with Crippen molar-refractivity contribution in [3.8, 4) is 5.75 Å². The zero-order chi connectivity index (χ0) is 23.1. The molecule has 1 aromatic heterocycles. The van der Waals surface area contributed by atoms with Crippen molar-refractivity contribution in [2.24, 2.45) is 11.8 Å². The van der Waals surface area contributed by atoms with Crippen LogP contribution in [0.4, 0.5) is 0 Å². The Morgan fingerprint density at radius 2 is 1.97 bits per heavy atom. The van der Waals surface area contributed by atoms with Gasteiger partial charge in [0.15, 0.2) is 0 Å². The number of hydrogen-bond acceptors (Lipinski definition) is 4. The number of aromatic amines is 1. The van der Waals surface area contributed by atoms with Crippen LogP contribution in [0.5, 0.6) is 5.75 Å². The van der Waals surface area contributed by atoms with Crippen molar-refractivity contribution in [1.29, 1.82) is 0 Å². The molecule has 0 radical (unpaired) electrons. The number of carbonyl (C=O) groups is 1. The summed E-state index contributed by atoms with van der Waals surface area (Å²) >= 11 is 0. The number of aromatic nitrogens is 1. The molecule has 2 aromatic carbocycles. The number of aromatic carboxylic acids is 1. The Kier molecular flexibility index (Phi) is 5.89. The first kappa shape index (κ1) is 22.0. The van der Waals surface area contributed by atoms with Gasteiger partial charge >= 0.3 is 5.97 Å². The van der Waals surface area contributed by atoms with Crippen LogP contribution in [0.1, 0.15) is 52.4 Å². The molecular formula is C27H32N2O4. The summed E-state index contributed by atoms with van der Waals surface area (Å²) in [7, 11) is 3.55. The van der Waals surface area contributed by atoms with E-state index in [9.17, 15) is 9.90 Å². The first-order valence-electron chi connectivity index (χ1n) is 11.7. The van der Waals surface area contributed by atoms with Gasteiger partial charge < -0.3 is 19.6 Å². The minimum atomic E-state index is -0.889. The van der Waals surface area contributed by atoms with E-state index in [4.69, 9.17) is 9.47 Å². The SMILES string of the molecule is COc1cc(C)c2[nH]ccc2c1CN1CC[C@@H](C2CC2OC)C[C@H]1c1ccc(C(=O)O)cc1. The molecule has 0 amide bonds. The number of carboxylic acids is 1. The average Bonchev–Trinajstić information content (AvgIpc) is 3.46. The Morgan fingerprint density at radius 3 is 2.64 bits per heavy atom. The molecule has 2 unspecified atom stereocenters. The second kappa shape index (κ2) is 8.84. The molecule has 2 aliphatic rings. The molecule has 0 bridgehead atoms. The molecule has 174 valence electrons. The maximum atomic E-state index is 11.4. The first-order chi connectivity index (χ1) is 16.0. The number of fused-ring (bicyclic) bond motifs is 1. The summed E-state index contributed by atoms with van der Waals surface area (Å²) in [6.07, 6.45) is 5.75. The fourth-order valence-corrected chi connectivity index (χ4v) is 5.75. The number of rotatable bonds is 7. The minimum Gasteiger partial charge on any atom is -0.496 e. The van der Waals surface area contributed by atoms with Crippen molar-refractivity contribution >= 4 is 16.9 Å². The molecule has 2 fully saturated rings. The lowest BCUT2D eigenvalue weighted by Gasteiger charge is -2.40. The third-order valence-corrected chi connectivity index (χ3v) is 7.68. The van der Waals surface area contributed by atoms with Crippen molar-refractivity contribution in [2.75, 3.05) is 20.8 Å². The average molecular weight is 449 g/mol. The smallest absolute Gasteiger partial charge is 0.335 e. The number of methoxy groups -OCH3 is 2. The van der Waals surface area contributed by atoms with Gasteiger partial charge in [0, 0.05) is 42.4 Å². The van der Waals surface area contributed by atoms with Crippen LogP contribution in [0.3, 0.4) is 0 Å². The number of nitrogens with one attached hydrogen (secondary N) is 1. The topological polar surface area (TPSA) is 74.8 Å². The van der Waals surface area contributed by atoms with Crippen LogP contribution >= 0.6 is 0 Å². The molecule has 33 heavy (non-hydrogen) atoms. The molecule has 1 saturated carbocycles. The standard InChI is InChI=1S/C27H32N2O4/c1-16-12-24(32-2)22(20-8-10-28-26(16)20)15-29-11-9-19(21-14-25(21)33-3)13-23(29)17-4-6-18(7-5-17)27(30)31/h4-8,10,12,19,21,23,25,28H,9,11,13-15H2,1-3H3,(H,30,31)/t19-,21?,23+,25?/m1/s1. The maximum Gasteiger partial charge on any atom is 0.335 e. The van der Waals surface area contributed by atoms with Gasteiger partial charge in [0.05, 0.1) is 18.8 Å². The number of benzene rings is 2. The van der Waals surface area contributed by atoms with E-state index in [0.717, 1.165) is 43.6 Å². The van der Waals surface area contributed by atoms with Crippen molar-refractivity contribution in [1.82, 2.24) is 9.88 Å². The van der Waals surface area contributed by atoms with E-state index < -0.39 is 5.97 Å². The van der Waals surface area contributed by atoms with Gasteiger partial charge in [0.25, 0.3) is 0 Å². The summed E-state index contributed by atoms with van der Waals surface area (Å²) < 4.78 is 11.4. The molecule has 3 aromatic rings. The molecule has 1 aliphatic carbocycles. The fourth-order valence-electron chi connectivity index (χ4n) is 5.75. The molecule has 1 saturated heterocycles. The van der Waals surface area contributed by atoms with Crippen LogP contribution in [-0.2, 0) is 11.3 Å². The third kappa shape index (κ3) is 4.13. The third-order valence-electron chi connectivity index (χ3n) is 7.68. The highest BCUT2D eigenvalue weighted by molar-refractivity contribution is 5.88. The first-order valence-corrected chi connectivity index (χ1v) is 11.7. The Balaban J connectivity index is 1.47. The highest BCUT2D eigenvalue weighted by Gasteiger charge is 2.46. The second-order valence-electron chi connectivity index (χ2n) is 9.51. The number of likely N-dealkylation sites (tertiary alicyclic amines) is 1. The number of ether oxygens (including phenoxy) is 2. The number of piperidine rings is 1. The zero-order valence-electron chi connectivity index (χ0n) is 19.5. The van der Waals surface area contributed by atoms with E-state index >= 15 is 0 Å². The summed E-state index contributed by atoms with van der Waals surface area (Å²) in [5.41, 5.74) is 5.04. The molecular weight excluding hydrogens is 416 g/mol. The summed E-state index contributed by atoms with van der Waals surface area (Å²) in [4.78, 5) is 17.3. The summed E-state index contributed by atoms with van der Waals surface area (Å²) in [5.74, 6) is 1.30. The van der Waals surface area contributed by atoms with Gasteiger partial charge in [0.2, 0.25) is 0 Å². The lowest BCUT2D eigenvalue weighted by atomic mass is 9.83. The van der Waals surface area contributed by atoms with Gasteiger partial charge in [-0.25, -0.2) is 4.79 Å². The molecule has 5 rings (SSSR count). The Morgan fingerprint density at radius 1 is 1.18 bits per heavy atom. The van der Waals surface area contributed by atoms with E-state index in [0.29, 0.717) is 23.5 Å². The predicted molar refractivity (Wildman–Crippen MR) is 128 cm³/mol. The predicted octanol–water partition coefficient (Wildman–Crippen LogP) is 5.17. The van der Waals surface area contributed by atoms with Crippen molar-refractivity contribution in [2.45, 2.75) is 44.9 Å². The van der Waals surface area contributed by atoms with E-state index in [-0.39, 0.29) is 6.04 Å². The number of nitrogens with zero attached hydrogens (tertiary/aromatic N) is 1. The Hall–Kier alpha value is -2.83.